The Morgan fingerprint density at radius 1 is 0.677 bits per heavy atom. The molecular weight excluding hydrogens is 394 g/mol. The molecule has 3 aromatic carbocycles. The van der Waals surface area contributed by atoms with Gasteiger partial charge in [0, 0.05) is 53.8 Å². The number of benzene rings is 3. The lowest BCUT2D eigenvalue weighted by atomic mass is 9.92. The number of carbonyl (C=O) groups excluding carboxylic acids is 4. The van der Waals surface area contributed by atoms with Gasteiger partial charge in [0.1, 0.15) is 0 Å². The van der Waals surface area contributed by atoms with Gasteiger partial charge in [0.15, 0.2) is 0 Å². The van der Waals surface area contributed by atoms with Crippen LogP contribution in [0, 0.1) is 0 Å². The molecule has 0 fully saturated rings. The fourth-order valence-electron chi connectivity index (χ4n) is 4.13. The average Bonchev–Trinajstić information content (AvgIpc) is 3.09. The van der Waals surface area contributed by atoms with Gasteiger partial charge in [-0.2, -0.15) is 0 Å². The van der Waals surface area contributed by atoms with Crippen molar-refractivity contribution < 1.29 is 19.2 Å². The van der Waals surface area contributed by atoms with Crippen molar-refractivity contribution in [3.63, 3.8) is 0 Å². The van der Waals surface area contributed by atoms with E-state index in [4.69, 9.17) is 0 Å². The molecule has 0 bridgehead atoms. The van der Waals surface area contributed by atoms with Crippen LogP contribution in [-0.2, 0) is 9.59 Å². The minimum absolute atomic E-state index is 0.291. The lowest BCUT2D eigenvalue weighted by molar-refractivity contribution is -0.119. The van der Waals surface area contributed by atoms with Crippen molar-refractivity contribution in [2.24, 2.45) is 0 Å². The van der Waals surface area contributed by atoms with E-state index in [1.54, 1.807) is 36.4 Å². The normalized spacial score (nSPS) is 15.4. The fraction of sp³-hybridized carbons (Fsp3) is 0.0833. The number of carbonyl (C=O) groups is 4. The summed E-state index contributed by atoms with van der Waals surface area (Å²) in [7, 11) is 3.81. The molecule has 0 aromatic heterocycles. The van der Waals surface area contributed by atoms with E-state index in [1.165, 1.54) is 18.2 Å². The van der Waals surface area contributed by atoms with Crippen molar-refractivity contribution in [3.8, 4) is 0 Å². The van der Waals surface area contributed by atoms with E-state index in [1.807, 2.05) is 31.1 Å². The molecule has 0 saturated carbocycles. The summed E-state index contributed by atoms with van der Waals surface area (Å²) in [5, 5.41) is 1.46. The van der Waals surface area contributed by atoms with Gasteiger partial charge in [-0.15, -0.1) is 0 Å². The number of amides is 4. The Labute approximate surface area is 177 Å². The first kappa shape index (κ1) is 18.7. The summed E-state index contributed by atoms with van der Waals surface area (Å²) in [6.07, 6.45) is 2.37. The molecule has 2 aliphatic heterocycles. The molecule has 7 nitrogen and oxygen atoms in total. The molecule has 3 aromatic rings. The minimum Gasteiger partial charge on any atom is -0.377 e. The topological polar surface area (TPSA) is 78.0 Å². The second-order valence-electron chi connectivity index (χ2n) is 7.57. The maximum atomic E-state index is 13.4. The second kappa shape index (κ2) is 6.63. The van der Waals surface area contributed by atoms with E-state index in [9.17, 15) is 19.2 Å². The molecule has 0 radical (unpaired) electrons. The largest absolute Gasteiger partial charge is 0.377 e. The molecule has 2 aliphatic rings. The predicted molar refractivity (Wildman–Crippen MR) is 117 cm³/mol. The van der Waals surface area contributed by atoms with Crippen LogP contribution in [0.15, 0.2) is 66.7 Å². The summed E-state index contributed by atoms with van der Waals surface area (Å²) in [4.78, 5) is 54.9. The lowest BCUT2D eigenvalue weighted by Gasteiger charge is -2.29. The first-order valence-corrected chi connectivity index (χ1v) is 9.66. The van der Waals surface area contributed by atoms with Crippen LogP contribution < -0.4 is 14.7 Å². The second-order valence-corrected chi connectivity index (χ2v) is 7.57. The summed E-state index contributed by atoms with van der Waals surface area (Å²) in [6.45, 7) is 0. The highest BCUT2D eigenvalue weighted by Gasteiger charge is 2.35. The van der Waals surface area contributed by atoms with Crippen molar-refractivity contribution in [2.45, 2.75) is 0 Å². The third kappa shape index (κ3) is 2.67. The van der Waals surface area contributed by atoms with Gasteiger partial charge in [-0.3, -0.25) is 19.2 Å². The zero-order chi connectivity index (χ0) is 21.9. The summed E-state index contributed by atoms with van der Waals surface area (Å²) in [5.41, 5.74) is 2.35. The van der Waals surface area contributed by atoms with Crippen LogP contribution in [-0.4, -0.2) is 37.7 Å². The first-order chi connectivity index (χ1) is 14.9. The molecule has 4 amide bonds. The van der Waals surface area contributed by atoms with Crippen LogP contribution in [0.5, 0.6) is 0 Å². The molecule has 7 heteroatoms. The predicted octanol–water partition coefficient (Wildman–Crippen LogP) is 3.14. The molecule has 0 aliphatic carbocycles. The standard InChI is InChI=1S/C24H17N3O4/c1-25(2)19-10-9-18-22-16(19)7-4-8-17(22)23(30)27(24(18)31)15-6-3-5-14(13-15)26-20(28)11-12-21(26)29/h3-13H,1-2H3. The molecule has 0 N–H and O–H groups in total. The van der Waals surface area contributed by atoms with Gasteiger partial charge in [0.2, 0.25) is 0 Å². The molecule has 152 valence electrons. The molecule has 2 heterocycles. The van der Waals surface area contributed by atoms with Gasteiger partial charge >= 0.3 is 0 Å². The summed E-state index contributed by atoms with van der Waals surface area (Å²) >= 11 is 0. The molecule has 31 heavy (non-hydrogen) atoms. The van der Waals surface area contributed by atoms with Gasteiger partial charge < -0.3 is 4.90 Å². The molecule has 5 rings (SSSR count). The molecule has 0 atom stereocenters. The van der Waals surface area contributed by atoms with Crippen LogP contribution in [0.2, 0.25) is 0 Å². The number of imide groups is 2. The van der Waals surface area contributed by atoms with Gasteiger partial charge in [-0.1, -0.05) is 18.2 Å². The lowest BCUT2D eigenvalue weighted by Crippen LogP contribution is -2.40. The number of hydrogen-bond donors (Lipinski definition) is 0. The highest BCUT2D eigenvalue weighted by Crippen LogP contribution is 2.37. The summed E-state index contributed by atoms with van der Waals surface area (Å²) < 4.78 is 0. The SMILES string of the molecule is CN(C)c1ccc2c3c(cccc13)C(=O)N(c1cccc(N3C(=O)C=CC3=O)c1)C2=O. The Kier molecular flexibility index (Phi) is 4.01. The first-order valence-electron chi connectivity index (χ1n) is 9.66. The minimum atomic E-state index is -0.468. The van der Waals surface area contributed by atoms with Crippen LogP contribution in [0.1, 0.15) is 20.7 Å². The van der Waals surface area contributed by atoms with Crippen LogP contribution in [0.25, 0.3) is 10.8 Å². The average molecular weight is 411 g/mol. The van der Waals surface area contributed by atoms with Gasteiger partial charge in [0.05, 0.1) is 11.4 Å². The maximum absolute atomic E-state index is 13.4. The molecule has 0 spiro atoms. The zero-order valence-corrected chi connectivity index (χ0v) is 16.8. The van der Waals surface area contributed by atoms with Crippen LogP contribution in [0.4, 0.5) is 17.1 Å². The van der Waals surface area contributed by atoms with Crippen molar-refractivity contribution in [1.82, 2.24) is 0 Å². The quantitative estimate of drug-likeness (QED) is 0.619. The maximum Gasteiger partial charge on any atom is 0.265 e. The van der Waals surface area contributed by atoms with Gasteiger partial charge in [-0.05, 0) is 36.4 Å². The Hall–Kier alpha value is -4.26. The van der Waals surface area contributed by atoms with E-state index >= 15 is 0 Å². The van der Waals surface area contributed by atoms with E-state index in [2.05, 4.69) is 0 Å². The van der Waals surface area contributed by atoms with E-state index < -0.39 is 23.6 Å². The van der Waals surface area contributed by atoms with Crippen molar-refractivity contribution in [1.29, 1.82) is 0 Å². The van der Waals surface area contributed by atoms with Crippen molar-refractivity contribution >= 4 is 51.5 Å². The van der Waals surface area contributed by atoms with Crippen LogP contribution >= 0.6 is 0 Å². The van der Waals surface area contributed by atoms with Gasteiger partial charge in [-0.25, -0.2) is 9.80 Å². The molecule has 0 saturated heterocycles. The Balaban J connectivity index is 1.65. The monoisotopic (exact) mass is 411 g/mol. The molecular formula is C24H17N3O4. The van der Waals surface area contributed by atoms with Gasteiger partial charge in [0.25, 0.3) is 23.6 Å². The van der Waals surface area contributed by atoms with Crippen molar-refractivity contribution in [3.05, 3.63) is 77.9 Å². The van der Waals surface area contributed by atoms with E-state index in [-0.39, 0.29) is 0 Å². The third-order valence-corrected chi connectivity index (χ3v) is 5.52. The highest BCUT2D eigenvalue weighted by atomic mass is 16.2. The fourth-order valence-corrected chi connectivity index (χ4v) is 4.13. The number of hydrogen-bond acceptors (Lipinski definition) is 5. The Morgan fingerprint density at radius 3 is 1.90 bits per heavy atom. The smallest absolute Gasteiger partial charge is 0.265 e. The van der Waals surface area contributed by atoms with Crippen molar-refractivity contribution in [2.75, 3.05) is 28.8 Å². The van der Waals surface area contributed by atoms with E-state index in [0.717, 1.165) is 20.9 Å². The number of rotatable bonds is 3. The summed E-state index contributed by atoms with van der Waals surface area (Å²) in [5.74, 6) is -1.84. The van der Waals surface area contributed by atoms with E-state index in [0.29, 0.717) is 27.9 Å². The third-order valence-electron chi connectivity index (χ3n) is 5.52. The number of anilines is 3. The zero-order valence-electron chi connectivity index (χ0n) is 16.8. The highest BCUT2D eigenvalue weighted by molar-refractivity contribution is 6.36. The summed E-state index contributed by atoms with van der Waals surface area (Å²) in [6, 6.07) is 15.3. The Morgan fingerprint density at radius 2 is 1.26 bits per heavy atom. The Bertz CT molecular complexity index is 1320. The molecule has 0 unspecified atom stereocenters. The van der Waals surface area contributed by atoms with Crippen LogP contribution in [0.3, 0.4) is 0 Å². The number of nitrogens with zero attached hydrogens (tertiary/aromatic N) is 3.